The van der Waals surface area contributed by atoms with Crippen LogP contribution in [0, 0.1) is 19.3 Å². The van der Waals surface area contributed by atoms with Crippen molar-refractivity contribution in [2.45, 2.75) is 99.3 Å². The van der Waals surface area contributed by atoms with Crippen molar-refractivity contribution in [2.75, 3.05) is 0 Å². The summed E-state index contributed by atoms with van der Waals surface area (Å²) >= 11 is 7.37. The zero-order valence-corrected chi connectivity index (χ0v) is 33.4. The molecule has 0 fully saturated rings. The number of benzene rings is 1. The molecule has 0 aliphatic carbocycles. The Balaban J connectivity index is 1.23. The molecule has 0 radical (unpaired) electrons. The fourth-order valence-electron chi connectivity index (χ4n) is 7.59. The van der Waals surface area contributed by atoms with E-state index in [1.807, 2.05) is 53.1 Å². The van der Waals surface area contributed by atoms with Crippen LogP contribution in [0.3, 0.4) is 0 Å². The highest BCUT2D eigenvalue weighted by molar-refractivity contribution is 7.34. The fourth-order valence-corrected chi connectivity index (χ4v) is 12.9. The largest absolute Gasteiger partial charge is 0.426 e. The Hall–Kier alpha value is -3.30. The lowest BCUT2D eigenvalue weighted by Crippen LogP contribution is -2.23. The molecule has 0 unspecified atom stereocenters. The Labute approximate surface area is 310 Å². The van der Waals surface area contributed by atoms with Gasteiger partial charge in [0.2, 0.25) is 0 Å². The van der Waals surface area contributed by atoms with Crippen molar-refractivity contribution in [2.24, 2.45) is 5.41 Å². The van der Waals surface area contributed by atoms with Gasteiger partial charge < -0.3 is 9.47 Å². The first-order chi connectivity index (χ1) is 23.9. The van der Waals surface area contributed by atoms with Crippen LogP contribution in [-0.4, -0.2) is 11.9 Å². The third kappa shape index (κ3) is 5.86. The molecular weight excluding hydrogens is 697 g/mol. The molecule has 2 aliphatic rings. The summed E-state index contributed by atoms with van der Waals surface area (Å²) < 4.78 is 14.5. The molecule has 8 heteroatoms. The normalized spacial score (nSPS) is 14.7. The van der Waals surface area contributed by atoms with Gasteiger partial charge in [0, 0.05) is 55.1 Å². The Bertz CT molecular complexity index is 2310. The molecule has 0 N–H and O–H groups in total. The lowest BCUT2D eigenvalue weighted by molar-refractivity contribution is 0.0669. The molecule has 4 aromatic heterocycles. The molecule has 4 nitrogen and oxygen atoms in total. The number of fused-ring (bicyclic) bond motifs is 3. The number of thiophene rings is 4. The molecule has 50 heavy (non-hydrogen) atoms. The van der Waals surface area contributed by atoms with Crippen LogP contribution in [0.15, 0.2) is 48.6 Å². The summed E-state index contributed by atoms with van der Waals surface area (Å²) in [5.41, 5.74) is 3.50. The highest BCUT2D eigenvalue weighted by Crippen LogP contribution is 2.51. The fraction of sp³-hybridized carbons (Fsp3) is 0.381. The number of carbonyl (C=O) groups is 2. The standard InChI is InChI=1S/C42H44O4S4/c1-9-12-13-20-41(6,7)38-26-22-27-25(21-28(26)40(44)46-38)33(45-39(27)43)29-14-15-30(47-29)34-23(4)36-37(49-34)24(5)35(50-36)31-16-17-32(48-31)42(8,18-10-2)19-11-3/h9,12,14-17,21-22H,10-11,13,18-20H2,1-8H3/b12-9-. The number of carbonyl (C=O) groups excluding carboxylic acids is 2. The van der Waals surface area contributed by atoms with Crippen molar-refractivity contribution in [3.63, 3.8) is 0 Å². The third-order valence-electron chi connectivity index (χ3n) is 10.3. The number of ether oxygens (including phenoxy) is 2. The first kappa shape index (κ1) is 35.1. The minimum Gasteiger partial charge on any atom is -0.426 e. The second-order valence-electron chi connectivity index (χ2n) is 14.5. The minimum absolute atomic E-state index is 0.245. The number of cyclic esters (lactones) is 2. The van der Waals surface area contributed by atoms with Gasteiger partial charge in [0.25, 0.3) is 0 Å². The quantitative estimate of drug-likeness (QED) is 0.0944. The summed E-state index contributed by atoms with van der Waals surface area (Å²) in [5, 5.41) is 1.35. The molecular formula is C42H44O4S4. The van der Waals surface area contributed by atoms with E-state index in [1.165, 1.54) is 65.7 Å². The molecule has 0 spiro atoms. The number of hydrogen-bond donors (Lipinski definition) is 0. The molecule has 0 bridgehead atoms. The van der Waals surface area contributed by atoms with Gasteiger partial charge in [0.15, 0.2) is 5.76 Å². The summed E-state index contributed by atoms with van der Waals surface area (Å²) in [6.07, 6.45) is 10.7. The van der Waals surface area contributed by atoms with E-state index in [2.05, 4.69) is 72.7 Å². The smallest absolute Gasteiger partial charge is 0.344 e. The molecule has 1 aromatic carbocycles. The van der Waals surface area contributed by atoms with Crippen LogP contribution in [-0.2, 0) is 14.9 Å². The Morgan fingerprint density at radius 3 is 1.90 bits per heavy atom. The van der Waals surface area contributed by atoms with Crippen molar-refractivity contribution in [1.82, 2.24) is 0 Å². The van der Waals surface area contributed by atoms with Gasteiger partial charge in [-0.15, -0.1) is 45.3 Å². The van der Waals surface area contributed by atoms with Crippen LogP contribution in [0.2, 0.25) is 0 Å². The van der Waals surface area contributed by atoms with Crippen LogP contribution in [0.5, 0.6) is 0 Å². The SMILES string of the molecule is C/C=C\CCC(C)(C)C1=c2cc3c(cc2C(=O)O1)=C(c1ccc(-c2sc4c(C)c(-c5ccc(C(C)(CCC)CCC)s5)sc4c2C)s1)OC3=O. The predicted molar refractivity (Wildman–Crippen MR) is 213 cm³/mol. The summed E-state index contributed by atoms with van der Waals surface area (Å²) in [4.78, 5) is 33.9. The van der Waals surface area contributed by atoms with E-state index < -0.39 is 5.97 Å². The topological polar surface area (TPSA) is 52.6 Å². The number of esters is 2. The van der Waals surface area contributed by atoms with E-state index in [9.17, 15) is 9.59 Å². The number of allylic oxidation sites excluding steroid dienone is 2. The summed E-state index contributed by atoms with van der Waals surface area (Å²) in [7, 11) is 0. The summed E-state index contributed by atoms with van der Waals surface area (Å²) in [6.45, 7) is 17.7. The molecule has 0 amide bonds. The number of hydrogen-bond acceptors (Lipinski definition) is 8. The average molecular weight is 741 g/mol. The summed E-state index contributed by atoms with van der Waals surface area (Å²) in [6, 6.07) is 12.5. The van der Waals surface area contributed by atoms with Crippen LogP contribution in [0.25, 0.3) is 40.4 Å². The maximum Gasteiger partial charge on any atom is 0.344 e. The lowest BCUT2D eigenvalue weighted by atomic mass is 9.80. The predicted octanol–water partition coefficient (Wildman–Crippen LogP) is 11.9. The lowest BCUT2D eigenvalue weighted by Gasteiger charge is -2.27. The highest BCUT2D eigenvalue weighted by Gasteiger charge is 2.36. The van der Waals surface area contributed by atoms with Gasteiger partial charge >= 0.3 is 11.9 Å². The summed E-state index contributed by atoms with van der Waals surface area (Å²) in [5.74, 6) is 0.373. The first-order valence-corrected chi connectivity index (χ1v) is 20.9. The van der Waals surface area contributed by atoms with Crippen LogP contribution in [0.4, 0.5) is 0 Å². The van der Waals surface area contributed by atoms with Crippen LogP contribution >= 0.6 is 45.3 Å². The van der Waals surface area contributed by atoms with E-state index in [-0.39, 0.29) is 16.8 Å². The van der Waals surface area contributed by atoms with E-state index in [0.717, 1.165) is 22.6 Å². The third-order valence-corrected chi connectivity index (χ3v) is 16.1. The monoisotopic (exact) mass is 740 g/mol. The maximum atomic E-state index is 13.2. The molecule has 7 rings (SSSR count). The van der Waals surface area contributed by atoms with E-state index in [1.54, 1.807) is 23.5 Å². The Morgan fingerprint density at radius 2 is 1.26 bits per heavy atom. The number of aryl methyl sites for hydroxylation is 2. The second kappa shape index (κ2) is 13.4. The maximum absolute atomic E-state index is 13.2. The number of rotatable bonds is 12. The van der Waals surface area contributed by atoms with Crippen molar-refractivity contribution >= 4 is 78.2 Å². The zero-order valence-electron chi connectivity index (χ0n) is 30.1. The Kier molecular flexibility index (Phi) is 9.38. The minimum atomic E-state index is -0.393. The van der Waals surface area contributed by atoms with Gasteiger partial charge in [0.05, 0.1) is 16.0 Å². The molecule has 260 valence electrons. The molecule has 0 atom stereocenters. The second-order valence-corrected chi connectivity index (χ2v) is 18.7. The molecule has 2 aliphatic heterocycles. The van der Waals surface area contributed by atoms with Gasteiger partial charge in [-0.3, -0.25) is 0 Å². The van der Waals surface area contributed by atoms with Crippen molar-refractivity contribution in [3.8, 4) is 19.5 Å². The average Bonchev–Trinajstić information content (AvgIpc) is 3.92. The van der Waals surface area contributed by atoms with Crippen LogP contribution in [0.1, 0.15) is 122 Å². The van der Waals surface area contributed by atoms with E-state index >= 15 is 0 Å². The van der Waals surface area contributed by atoms with Crippen molar-refractivity contribution in [3.05, 3.63) is 91.0 Å². The van der Waals surface area contributed by atoms with Crippen LogP contribution < -0.4 is 10.4 Å². The Morgan fingerprint density at radius 1 is 0.700 bits per heavy atom. The van der Waals surface area contributed by atoms with E-state index in [0.29, 0.717) is 33.1 Å². The van der Waals surface area contributed by atoms with Crippen molar-refractivity contribution < 1.29 is 19.1 Å². The van der Waals surface area contributed by atoms with E-state index in [4.69, 9.17) is 9.47 Å². The van der Waals surface area contributed by atoms with Gasteiger partial charge in [-0.05, 0) is 94.0 Å². The van der Waals surface area contributed by atoms with Crippen molar-refractivity contribution in [1.29, 1.82) is 0 Å². The molecule has 0 saturated carbocycles. The van der Waals surface area contributed by atoms with Gasteiger partial charge in [0.1, 0.15) is 5.76 Å². The first-order valence-electron chi connectivity index (χ1n) is 17.6. The molecule has 0 saturated heterocycles. The molecule has 6 heterocycles. The molecule has 5 aromatic rings. The highest BCUT2D eigenvalue weighted by atomic mass is 32.1. The van der Waals surface area contributed by atoms with Gasteiger partial charge in [-0.2, -0.15) is 0 Å². The van der Waals surface area contributed by atoms with Gasteiger partial charge in [-0.25, -0.2) is 9.59 Å². The van der Waals surface area contributed by atoms with Gasteiger partial charge in [-0.1, -0.05) is 59.6 Å². The zero-order chi connectivity index (χ0) is 35.5.